The molecule has 2 rings (SSSR count). The molecule has 1 aliphatic rings. The molecule has 0 aliphatic carbocycles. The summed E-state index contributed by atoms with van der Waals surface area (Å²) in [5.74, 6) is -0.523. The molecule has 0 unspecified atom stereocenters. The molecule has 1 heterocycles. The predicted octanol–water partition coefficient (Wildman–Crippen LogP) is 0.989. The van der Waals surface area contributed by atoms with Gasteiger partial charge >= 0.3 is 0 Å². The van der Waals surface area contributed by atoms with Crippen molar-refractivity contribution in [1.82, 2.24) is 4.31 Å². The van der Waals surface area contributed by atoms with Crippen LogP contribution in [0.2, 0.25) is 0 Å². The molecule has 1 aromatic carbocycles. The summed E-state index contributed by atoms with van der Waals surface area (Å²) in [6, 6.07) is 4.24. The van der Waals surface area contributed by atoms with Crippen molar-refractivity contribution in [3.63, 3.8) is 0 Å². The number of hydrogen-bond acceptors (Lipinski definition) is 4. The highest BCUT2D eigenvalue weighted by Crippen LogP contribution is 2.31. The molecule has 5 nitrogen and oxygen atoms in total. The van der Waals surface area contributed by atoms with Gasteiger partial charge in [0.15, 0.2) is 0 Å². The molecule has 0 bridgehead atoms. The van der Waals surface area contributed by atoms with E-state index in [0.29, 0.717) is 5.69 Å². The summed E-state index contributed by atoms with van der Waals surface area (Å²) in [5.41, 5.74) is 6.07. The topological polar surface area (TPSA) is 80.5 Å². The van der Waals surface area contributed by atoms with Crippen LogP contribution in [0.1, 0.15) is 17.3 Å². The third-order valence-electron chi connectivity index (χ3n) is 2.54. The highest BCUT2D eigenvalue weighted by atomic mass is 32.2. The van der Waals surface area contributed by atoms with E-state index in [1.165, 1.54) is 18.2 Å². The fraction of sp³-hybridized carbons (Fsp3) is 0.182. The predicted molar refractivity (Wildman–Crippen MR) is 63.9 cm³/mol. The molecule has 6 heteroatoms. The lowest BCUT2D eigenvalue weighted by molar-refractivity contribution is 0.0880. The summed E-state index contributed by atoms with van der Waals surface area (Å²) < 4.78 is 24.9. The van der Waals surface area contributed by atoms with Gasteiger partial charge in [0.2, 0.25) is 0 Å². The molecule has 0 radical (unpaired) electrons. The van der Waals surface area contributed by atoms with E-state index >= 15 is 0 Å². The molecule has 0 saturated heterocycles. The van der Waals surface area contributed by atoms with Crippen LogP contribution in [-0.4, -0.2) is 25.2 Å². The summed E-state index contributed by atoms with van der Waals surface area (Å²) in [6.45, 7) is 1.81. The maximum Gasteiger partial charge on any atom is 0.269 e. The minimum absolute atomic E-state index is 0.0289. The van der Waals surface area contributed by atoms with Crippen LogP contribution < -0.4 is 5.73 Å². The van der Waals surface area contributed by atoms with Crippen LogP contribution in [-0.2, 0) is 10.0 Å². The number of amides is 1. The average molecular weight is 252 g/mol. The van der Waals surface area contributed by atoms with Crippen molar-refractivity contribution >= 4 is 21.6 Å². The number of sulfonamides is 1. The fourth-order valence-electron chi connectivity index (χ4n) is 1.68. The summed E-state index contributed by atoms with van der Waals surface area (Å²) >= 11 is 0. The average Bonchev–Trinajstić information content (AvgIpc) is 2.45. The minimum atomic E-state index is -3.71. The second kappa shape index (κ2) is 3.89. The van der Waals surface area contributed by atoms with Gasteiger partial charge in [-0.05, 0) is 25.1 Å². The third-order valence-corrected chi connectivity index (χ3v) is 4.34. The van der Waals surface area contributed by atoms with E-state index in [4.69, 9.17) is 5.73 Å². The summed E-state index contributed by atoms with van der Waals surface area (Å²) in [6.07, 6.45) is 3.31. The number of nitrogens with zero attached hydrogens (tertiary/aromatic N) is 1. The number of fused-ring (bicyclic) bond motifs is 1. The number of allylic oxidation sites excluding steroid dienone is 1. The number of rotatable bonds is 2. The first kappa shape index (κ1) is 11.7. The van der Waals surface area contributed by atoms with Gasteiger partial charge in [0.25, 0.3) is 15.9 Å². The number of benzene rings is 1. The molecule has 2 N–H and O–H groups in total. The maximum absolute atomic E-state index is 12.0. The van der Waals surface area contributed by atoms with Crippen LogP contribution in [0.5, 0.6) is 0 Å². The van der Waals surface area contributed by atoms with Gasteiger partial charge in [-0.15, -0.1) is 0 Å². The van der Waals surface area contributed by atoms with Crippen LogP contribution in [0.25, 0.3) is 0 Å². The van der Waals surface area contributed by atoms with Gasteiger partial charge in [-0.25, -0.2) is 12.7 Å². The van der Waals surface area contributed by atoms with E-state index in [9.17, 15) is 13.2 Å². The molecule has 1 aliphatic heterocycles. The molecule has 17 heavy (non-hydrogen) atoms. The van der Waals surface area contributed by atoms with Gasteiger partial charge in [0.05, 0.1) is 12.1 Å². The monoisotopic (exact) mass is 252 g/mol. The Bertz CT molecular complexity index is 605. The van der Waals surface area contributed by atoms with E-state index in [-0.39, 0.29) is 17.0 Å². The zero-order valence-electron chi connectivity index (χ0n) is 9.25. The Morgan fingerprint density at radius 3 is 2.76 bits per heavy atom. The SMILES string of the molecule is C/C=C/CN1C(=O)c2cc(N)ccc2S1(=O)=O. The molecular weight excluding hydrogens is 240 g/mol. The Kier molecular flexibility index (Phi) is 2.66. The van der Waals surface area contributed by atoms with Gasteiger partial charge < -0.3 is 5.73 Å². The van der Waals surface area contributed by atoms with Crippen molar-refractivity contribution in [1.29, 1.82) is 0 Å². The third kappa shape index (κ3) is 1.70. The van der Waals surface area contributed by atoms with Gasteiger partial charge in [0.1, 0.15) is 4.90 Å². The number of nitrogen functional groups attached to an aromatic ring is 1. The normalized spacial score (nSPS) is 17.7. The first-order valence-corrected chi connectivity index (χ1v) is 6.50. The summed E-state index contributed by atoms with van der Waals surface area (Å²) in [7, 11) is -3.71. The molecular formula is C11H12N2O3S. The molecule has 0 atom stereocenters. The standard InChI is InChI=1S/C11H12N2O3S/c1-2-3-6-13-11(14)9-7-8(12)4-5-10(9)17(13,15)16/h2-5,7H,6,12H2,1H3/b3-2+. The van der Waals surface area contributed by atoms with Crippen molar-refractivity contribution in [2.45, 2.75) is 11.8 Å². The Morgan fingerprint density at radius 1 is 1.41 bits per heavy atom. The molecule has 0 fully saturated rings. The van der Waals surface area contributed by atoms with E-state index in [1.807, 2.05) is 0 Å². The van der Waals surface area contributed by atoms with Crippen LogP contribution in [0.15, 0.2) is 35.2 Å². The summed E-state index contributed by atoms with van der Waals surface area (Å²) in [4.78, 5) is 12.0. The smallest absolute Gasteiger partial charge is 0.269 e. The van der Waals surface area contributed by atoms with E-state index in [2.05, 4.69) is 0 Å². The zero-order valence-corrected chi connectivity index (χ0v) is 10.1. The molecule has 0 saturated carbocycles. The van der Waals surface area contributed by atoms with Crippen molar-refractivity contribution in [3.05, 3.63) is 35.9 Å². The number of anilines is 1. The van der Waals surface area contributed by atoms with Crippen molar-refractivity contribution in [3.8, 4) is 0 Å². The van der Waals surface area contributed by atoms with Crippen molar-refractivity contribution in [2.24, 2.45) is 0 Å². The Morgan fingerprint density at radius 2 is 2.12 bits per heavy atom. The molecule has 0 aromatic heterocycles. The lowest BCUT2D eigenvalue weighted by Crippen LogP contribution is -2.30. The Hall–Kier alpha value is -1.82. The van der Waals surface area contributed by atoms with E-state index in [1.54, 1.807) is 19.1 Å². The Balaban J connectivity index is 2.56. The van der Waals surface area contributed by atoms with Crippen molar-refractivity contribution in [2.75, 3.05) is 12.3 Å². The highest BCUT2D eigenvalue weighted by Gasteiger charge is 2.40. The van der Waals surface area contributed by atoms with E-state index in [0.717, 1.165) is 4.31 Å². The lowest BCUT2D eigenvalue weighted by atomic mass is 10.2. The quantitative estimate of drug-likeness (QED) is 0.628. The van der Waals surface area contributed by atoms with Gasteiger partial charge in [0, 0.05) is 5.69 Å². The number of nitrogens with two attached hydrogens (primary N) is 1. The number of carbonyl (C=O) groups excluding carboxylic acids is 1. The second-order valence-electron chi connectivity index (χ2n) is 3.67. The molecule has 1 aromatic rings. The molecule has 90 valence electrons. The van der Waals surface area contributed by atoms with Gasteiger partial charge in [-0.2, -0.15) is 0 Å². The van der Waals surface area contributed by atoms with Crippen LogP contribution in [0.3, 0.4) is 0 Å². The lowest BCUT2D eigenvalue weighted by Gasteiger charge is -2.11. The zero-order chi connectivity index (χ0) is 12.6. The maximum atomic E-state index is 12.0. The number of carbonyl (C=O) groups is 1. The Labute approximate surface area is 99.6 Å². The van der Waals surface area contributed by atoms with Gasteiger partial charge in [-0.3, -0.25) is 4.79 Å². The summed E-state index contributed by atoms with van der Waals surface area (Å²) in [5, 5.41) is 0. The van der Waals surface area contributed by atoms with Gasteiger partial charge in [-0.1, -0.05) is 12.2 Å². The first-order valence-electron chi connectivity index (χ1n) is 5.06. The number of hydrogen-bond donors (Lipinski definition) is 1. The van der Waals surface area contributed by atoms with E-state index < -0.39 is 15.9 Å². The van der Waals surface area contributed by atoms with Crippen LogP contribution >= 0.6 is 0 Å². The second-order valence-corrected chi connectivity index (χ2v) is 5.50. The largest absolute Gasteiger partial charge is 0.399 e. The van der Waals surface area contributed by atoms with Crippen LogP contribution in [0.4, 0.5) is 5.69 Å². The highest BCUT2D eigenvalue weighted by molar-refractivity contribution is 7.90. The fourth-order valence-corrected chi connectivity index (χ4v) is 3.18. The van der Waals surface area contributed by atoms with Crippen LogP contribution in [0, 0.1) is 0 Å². The molecule has 0 spiro atoms. The molecule has 1 amide bonds. The van der Waals surface area contributed by atoms with Crippen molar-refractivity contribution < 1.29 is 13.2 Å². The minimum Gasteiger partial charge on any atom is -0.399 e. The first-order chi connectivity index (χ1) is 7.98.